The highest BCUT2D eigenvalue weighted by molar-refractivity contribution is 7.90. The summed E-state index contributed by atoms with van der Waals surface area (Å²) in [6.45, 7) is 4.43. The van der Waals surface area contributed by atoms with E-state index in [1.54, 1.807) is 4.90 Å². The van der Waals surface area contributed by atoms with E-state index in [1.165, 1.54) is 18.2 Å². The molecular weight excluding hydrogens is 370 g/mol. The summed E-state index contributed by atoms with van der Waals surface area (Å²) in [6.07, 6.45) is 1.34. The first kappa shape index (κ1) is 18.4. The van der Waals surface area contributed by atoms with Gasteiger partial charge in [0.1, 0.15) is 4.90 Å². The molecule has 0 aliphatic carbocycles. The van der Waals surface area contributed by atoms with Crippen molar-refractivity contribution in [2.45, 2.75) is 36.8 Å². The Morgan fingerprint density at radius 1 is 1.37 bits per heavy atom. The van der Waals surface area contributed by atoms with E-state index in [-0.39, 0.29) is 40.6 Å². The van der Waals surface area contributed by atoms with Gasteiger partial charge in [-0.1, -0.05) is 0 Å². The number of nitrogens with one attached hydrogen (secondary N) is 1. The molecule has 3 heterocycles. The van der Waals surface area contributed by atoms with E-state index in [9.17, 15) is 18.0 Å². The zero-order valence-corrected chi connectivity index (χ0v) is 16.0. The third-order valence-electron chi connectivity index (χ3n) is 5.30. The Kier molecular flexibility index (Phi) is 4.69. The maximum Gasteiger partial charge on any atom is 0.269 e. The van der Waals surface area contributed by atoms with Gasteiger partial charge in [0, 0.05) is 37.8 Å². The molecule has 1 N–H and O–H groups in total. The summed E-state index contributed by atoms with van der Waals surface area (Å²) in [5.41, 5.74) is 0.413. The van der Waals surface area contributed by atoms with Gasteiger partial charge in [-0.25, -0.2) is 12.7 Å². The maximum absolute atomic E-state index is 12.9. The van der Waals surface area contributed by atoms with Crippen molar-refractivity contribution in [3.8, 4) is 0 Å². The monoisotopic (exact) mass is 393 g/mol. The predicted molar refractivity (Wildman–Crippen MR) is 97.0 cm³/mol. The van der Waals surface area contributed by atoms with Crippen LogP contribution in [-0.2, 0) is 14.8 Å². The third-order valence-corrected chi connectivity index (χ3v) is 7.09. The van der Waals surface area contributed by atoms with E-state index >= 15 is 0 Å². The second-order valence-corrected chi connectivity index (χ2v) is 9.12. The van der Waals surface area contributed by atoms with Crippen molar-refractivity contribution >= 4 is 21.8 Å². The molecule has 4 rings (SSSR count). The molecule has 2 fully saturated rings. The maximum atomic E-state index is 12.9. The number of piperazine rings is 1. The lowest BCUT2D eigenvalue weighted by Crippen LogP contribution is -2.51. The van der Waals surface area contributed by atoms with E-state index in [1.807, 2.05) is 6.92 Å². The number of rotatable bonds is 3. The van der Waals surface area contributed by atoms with Crippen molar-refractivity contribution in [1.29, 1.82) is 0 Å². The van der Waals surface area contributed by atoms with Crippen molar-refractivity contribution in [1.82, 2.24) is 14.5 Å². The molecule has 0 saturated carbocycles. The topological polar surface area (TPSA) is 96.0 Å². The highest BCUT2D eigenvalue weighted by Gasteiger charge is 2.43. The zero-order valence-electron chi connectivity index (χ0n) is 15.2. The molecule has 0 unspecified atom stereocenters. The number of nitrogens with zero attached hydrogens (tertiary/aromatic N) is 2. The molecular formula is C18H23N3O5S. The van der Waals surface area contributed by atoms with Crippen molar-refractivity contribution in [3.63, 3.8) is 0 Å². The minimum atomic E-state index is -3.96. The first-order valence-electron chi connectivity index (χ1n) is 9.23. The summed E-state index contributed by atoms with van der Waals surface area (Å²) < 4.78 is 32.2. The highest BCUT2D eigenvalue weighted by atomic mass is 32.2. The Labute approximate surface area is 158 Å². The van der Waals surface area contributed by atoms with Gasteiger partial charge >= 0.3 is 0 Å². The summed E-state index contributed by atoms with van der Waals surface area (Å²) in [7, 11) is -3.96. The molecule has 2 saturated heterocycles. The molecule has 2 amide bonds. The lowest BCUT2D eigenvalue weighted by atomic mass is 10.1. The van der Waals surface area contributed by atoms with E-state index in [4.69, 9.17) is 4.74 Å². The number of carbonyl (C=O) groups is 2. The number of hydrogen-bond acceptors (Lipinski definition) is 6. The number of ether oxygens (including phenoxy) is 1. The summed E-state index contributed by atoms with van der Waals surface area (Å²) >= 11 is 0. The van der Waals surface area contributed by atoms with Crippen molar-refractivity contribution < 1.29 is 22.7 Å². The van der Waals surface area contributed by atoms with Gasteiger partial charge in [-0.05, 0) is 38.0 Å². The van der Waals surface area contributed by atoms with Crippen LogP contribution in [0.1, 0.15) is 40.5 Å². The van der Waals surface area contributed by atoms with Crippen molar-refractivity contribution in [2.75, 3.05) is 32.8 Å². The average molecular weight is 393 g/mol. The molecule has 3 aliphatic heterocycles. The fraction of sp³-hybridized carbons (Fsp3) is 0.556. The van der Waals surface area contributed by atoms with Crippen LogP contribution >= 0.6 is 0 Å². The molecule has 146 valence electrons. The van der Waals surface area contributed by atoms with Gasteiger partial charge in [0.05, 0.1) is 18.2 Å². The highest BCUT2D eigenvalue weighted by Crippen LogP contribution is 2.32. The van der Waals surface area contributed by atoms with Crippen LogP contribution in [0.4, 0.5) is 0 Å². The minimum absolute atomic E-state index is 0.0223. The number of carbonyl (C=O) groups excluding carboxylic acids is 2. The lowest BCUT2D eigenvalue weighted by molar-refractivity contribution is 0.0701. The van der Waals surface area contributed by atoms with E-state index in [2.05, 4.69) is 5.32 Å². The summed E-state index contributed by atoms with van der Waals surface area (Å²) in [5.74, 6) is -0.762. The van der Waals surface area contributed by atoms with E-state index in [0.29, 0.717) is 26.2 Å². The Hall–Kier alpha value is -1.97. The quantitative estimate of drug-likeness (QED) is 0.801. The molecule has 0 spiro atoms. The van der Waals surface area contributed by atoms with Crippen LogP contribution in [0.3, 0.4) is 0 Å². The number of sulfonamides is 1. The van der Waals surface area contributed by atoms with Crippen LogP contribution < -0.4 is 5.32 Å². The molecule has 2 atom stereocenters. The minimum Gasteiger partial charge on any atom is -0.376 e. The average Bonchev–Trinajstić information content (AvgIpc) is 3.23. The Morgan fingerprint density at radius 2 is 2.19 bits per heavy atom. The van der Waals surface area contributed by atoms with Gasteiger partial charge in [0.2, 0.25) is 0 Å². The first-order chi connectivity index (χ1) is 12.9. The number of hydrogen-bond donors (Lipinski definition) is 1. The van der Waals surface area contributed by atoms with Gasteiger partial charge in [0.15, 0.2) is 0 Å². The smallest absolute Gasteiger partial charge is 0.269 e. The lowest BCUT2D eigenvalue weighted by Gasteiger charge is -2.32. The van der Waals surface area contributed by atoms with Crippen LogP contribution in [0.5, 0.6) is 0 Å². The Balaban J connectivity index is 1.61. The molecule has 1 aromatic carbocycles. The molecule has 0 radical (unpaired) electrons. The van der Waals surface area contributed by atoms with Gasteiger partial charge in [-0.15, -0.1) is 0 Å². The summed E-state index contributed by atoms with van der Waals surface area (Å²) in [6, 6.07) is 4.51. The van der Waals surface area contributed by atoms with E-state index < -0.39 is 15.9 Å². The van der Waals surface area contributed by atoms with Crippen LogP contribution in [0.2, 0.25) is 0 Å². The normalized spacial score (nSPS) is 27.1. The van der Waals surface area contributed by atoms with Crippen molar-refractivity contribution in [2.24, 2.45) is 0 Å². The molecule has 0 bridgehead atoms. The molecule has 3 aliphatic rings. The van der Waals surface area contributed by atoms with Gasteiger partial charge in [0.25, 0.3) is 21.8 Å². The van der Waals surface area contributed by atoms with Crippen LogP contribution in [0.15, 0.2) is 23.1 Å². The second-order valence-electron chi connectivity index (χ2n) is 7.29. The standard InChI is InChI=1S/C18H23N3O5S/c1-12-10-20(7-6-19-12)17(22)13-4-5-15-16(9-13)27(24,25)21(18(15)23)11-14-3-2-8-26-14/h4-5,9,12,14,19H,2-3,6-8,10-11H2,1H3/t12-,14-/m0/s1. The summed E-state index contributed by atoms with van der Waals surface area (Å²) in [4.78, 5) is 27.0. The Bertz CT molecular complexity index is 879. The molecule has 8 nitrogen and oxygen atoms in total. The fourth-order valence-corrected chi connectivity index (χ4v) is 5.49. The van der Waals surface area contributed by atoms with Crippen molar-refractivity contribution in [3.05, 3.63) is 29.3 Å². The fourth-order valence-electron chi connectivity index (χ4n) is 3.86. The number of amides is 2. The number of fused-ring (bicyclic) bond motifs is 1. The van der Waals surface area contributed by atoms with Crippen LogP contribution in [-0.4, -0.2) is 74.4 Å². The molecule has 0 aromatic heterocycles. The number of benzene rings is 1. The largest absolute Gasteiger partial charge is 0.376 e. The van der Waals surface area contributed by atoms with E-state index in [0.717, 1.165) is 17.1 Å². The third kappa shape index (κ3) is 3.24. The molecule has 1 aromatic rings. The second kappa shape index (κ2) is 6.88. The Morgan fingerprint density at radius 3 is 2.89 bits per heavy atom. The van der Waals surface area contributed by atoms with Gasteiger partial charge < -0.3 is 15.0 Å². The zero-order chi connectivity index (χ0) is 19.2. The molecule has 9 heteroatoms. The summed E-state index contributed by atoms with van der Waals surface area (Å²) in [5, 5.41) is 3.27. The van der Waals surface area contributed by atoms with Crippen LogP contribution in [0.25, 0.3) is 0 Å². The SMILES string of the molecule is C[C@H]1CN(C(=O)c2ccc3c(c2)S(=O)(=O)N(C[C@@H]2CCCO2)C3=O)CCN1. The first-order valence-corrected chi connectivity index (χ1v) is 10.7. The van der Waals surface area contributed by atoms with Gasteiger partial charge in [-0.3, -0.25) is 9.59 Å². The predicted octanol–water partition coefficient (Wildman–Crippen LogP) is 0.444. The van der Waals surface area contributed by atoms with Gasteiger partial charge in [-0.2, -0.15) is 0 Å². The molecule has 27 heavy (non-hydrogen) atoms. The van der Waals surface area contributed by atoms with Crippen LogP contribution in [0, 0.1) is 0 Å².